The van der Waals surface area contributed by atoms with Crippen LogP contribution in [0, 0.1) is 0 Å². The molecular weight excluding hydrogens is 378 g/mol. The van der Waals surface area contributed by atoms with Gasteiger partial charge in [0.05, 0.1) is 12.7 Å². The summed E-state index contributed by atoms with van der Waals surface area (Å²) >= 11 is 0. The number of nitrogens with zero attached hydrogens (tertiary/aromatic N) is 4. The van der Waals surface area contributed by atoms with Crippen LogP contribution < -0.4 is 16.2 Å². The number of hydrazine groups is 1. The first-order chi connectivity index (χ1) is 14.8. The van der Waals surface area contributed by atoms with Crippen molar-refractivity contribution in [1.29, 1.82) is 0 Å². The highest BCUT2D eigenvalue weighted by molar-refractivity contribution is 5.82. The second-order valence-corrected chi connectivity index (χ2v) is 7.88. The van der Waals surface area contributed by atoms with Gasteiger partial charge in [0.25, 0.3) is 0 Å². The van der Waals surface area contributed by atoms with Gasteiger partial charge in [0, 0.05) is 54.5 Å². The van der Waals surface area contributed by atoms with Crippen LogP contribution >= 0.6 is 0 Å². The van der Waals surface area contributed by atoms with E-state index in [4.69, 9.17) is 0 Å². The number of nitrogens with one attached hydrogen (secondary N) is 3. The quantitative estimate of drug-likeness (QED) is 0.558. The molecule has 0 radical (unpaired) electrons. The Morgan fingerprint density at radius 3 is 2.73 bits per heavy atom. The molecule has 3 N–H and O–H groups in total. The van der Waals surface area contributed by atoms with Crippen molar-refractivity contribution in [3.8, 4) is 11.1 Å². The average Bonchev–Trinajstić information content (AvgIpc) is 3.35. The van der Waals surface area contributed by atoms with E-state index in [1.807, 2.05) is 53.7 Å². The monoisotopic (exact) mass is 403 g/mol. The minimum absolute atomic E-state index is 0.00313. The van der Waals surface area contributed by atoms with Crippen molar-refractivity contribution >= 4 is 5.91 Å². The Kier molecular flexibility index (Phi) is 5.25. The molecular formula is C22H25N7O. The summed E-state index contributed by atoms with van der Waals surface area (Å²) in [5, 5.41) is 7.66. The van der Waals surface area contributed by atoms with Crippen molar-refractivity contribution in [2.75, 3.05) is 6.54 Å². The lowest BCUT2D eigenvalue weighted by atomic mass is 10.0. The van der Waals surface area contributed by atoms with Crippen molar-refractivity contribution in [3.05, 3.63) is 66.5 Å². The molecule has 2 fully saturated rings. The number of carbonyl (C=O) groups excluding carboxylic acids is 1. The Hall–Kier alpha value is -3.10. The van der Waals surface area contributed by atoms with Crippen LogP contribution in [0.15, 0.2) is 55.2 Å². The SMILES string of the molecule is O=C(NCCn1ncc(-c2ccncc2)c1C1CC1)C1CC(c2cccnc2)NN1. The van der Waals surface area contributed by atoms with E-state index in [0.29, 0.717) is 25.4 Å². The molecule has 8 nitrogen and oxygen atoms in total. The third-order valence-electron chi connectivity index (χ3n) is 5.76. The number of hydrogen-bond donors (Lipinski definition) is 3. The molecule has 1 aliphatic heterocycles. The molecule has 3 aromatic heterocycles. The van der Waals surface area contributed by atoms with Gasteiger partial charge in [-0.05, 0) is 48.6 Å². The molecule has 2 atom stereocenters. The number of hydrogen-bond acceptors (Lipinski definition) is 6. The van der Waals surface area contributed by atoms with Crippen molar-refractivity contribution in [3.63, 3.8) is 0 Å². The van der Waals surface area contributed by atoms with E-state index >= 15 is 0 Å². The van der Waals surface area contributed by atoms with Gasteiger partial charge < -0.3 is 5.32 Å². The van der Waals surface area contributed by atoms with Gasteiger partial charge in [-0.3, -0.25) is 19.4 Å². The lowest BCUT2D eigenvalue weighted by Crippen LogP contribution is -2.44. The molecule has 1 amide bonds. The Morgan fingerprint density at radius 1 is 1.10 bits per heavy atom. The summed E-state index contributed by atoms with van der Waals surface area (Å²) < 4.78 is 2.05. The zero-order valence-electron chi connectivity index (χ0n) is 16.7. The fourth-order valence-electron chi connectivity index (χ4n) is 4.05. The van der Waals surface area contributed by atoms with Crippen molar-refractivity contribution in [1.82, 2.24) is 35.9 Å². The van der Waals surface area contributed by atoms with Crippen LogP contribution in [0.5, 0.6) is 0 Å². The predicted octanol–water partition coefficient (Wildman–Crippen LogP) is 1.94. The molecule has 1 aliphatic carbocycles. The summed E-state index contributed by atoms with van der Waals surface area (Å²) in [6.45, 7) is 1.21. The summed E-state index contributed by atoms with van der Waals surface area (Å²) in [4.78, 5) is 20.9. The van der Waals surface area contributed by atoms with E-state index in [1.54, 1.807) is 6.20 Å². The van der Waals surface area contributed by atoms with Crippen LogP contribution in [-0.2, 0) is 11.3 Å². The zero-order chi connectivity index (χ0) is 20.3. The molecule has 3 aromatic rings. The van der Waals surface area contributed by atoms with Crippen LogP contribution in [0.1, 0.15) is 42.5 Å². The standard InChI is InChI=1S/C22H25N7O/c30-22(20-12-19(27-28-20)17-2-1-7-24-13-17)25-10-11-29-21(16-3-4-16)18(14-26-29)15-5-8-23-9-6-15/h1-2,5-9,13-14,16,19-20,27-28H,3-4,10-12H2,(H,25,30). The van der Waals surface area contributed by atoms with Gasteiger partial charge in [-0.1, -0.05) is 6.07 Å². The first-order valence-electron chi connectivity index (χ1n) is 10.4. The number of aromatic nitrogens is 4. The summed E-state index contributed by atoms with van der Waals surface area (Å²) in [6.07, 6.45) is 12.2. The van der Waals surface area contributed by atoms with Crippen molar-refractivity contribution in [2.24, 2.45) is 0 Å². The van der Waals surface area contributed by atoms with Gasteiger partial charge in [0.15, 0.2) is 0 Å². The molecule has 2 aliphatic rings. The number of amides is 1. The normalized spacial score (nSPS) is 20.9. The van der Waals surface area contributed by atoms with E-state index < -0.39 is 0 Å². The fraction of sp³-hybridized carbons (Fsp3) is 0.364. The highest BCUT2D eigenvalue weighted by Gasteiger charge is 2.32. The summed E-state index contributed by atoms with van der Waals surface area (Å²) in [7, 11) is 0. The molecule has 1 saturated carbocycles. The van der Waals surface area contributed by atoms with Gasteiger partial charge in [-0.15, -0.1) is 0 Å². The molecule has 4 heterocycles. The predicted molar refractivity (Wildman–Crippen MR) is 112 cm³/mol. The van der Waals surface area contributed by atoms with E-state index in [1.165, 1.54) is 24.1 Å². The molecule has 0 spiro atoms. The second kappa shape index (κ2) is 8.33. The van der Waals surface area contributed by atoms with Gasteiger partial charge in [0.2, 0.25) is 5.91 Å². The van der Waals surface area contributed by atoms with Crippen molar-refractivity contribution < 1.29 is 4.79 Å². The van der Waals surface area contributed by atoms with E-state index in [2.05, 4.69) is 31.2 Å². The number of carbonyl (C=O) groups is 1. The van der Waals surface area contributed by atoms with E-state index in [9.17, 15) is 4.79 Å². The van der Waals surface area contributed by atoms with Gasteiger partial charge in [-0.2, -0.15) is 5.10 Å². The van der Waals surface area contributed by atoms with Crippen LogP contribution in [0.2, 0.25) is 0 Å². The molecule has 30 heavy (non-hydrogen) atoms. The van der Waals surface area contributed by atoms with Gasteiger partial charge >= 0.3 is 0 Å². The van der Waals surface area contributed by atoms with Gasteiger partial charge in [-0.25, -0.2) is 10.9 Å². The smallest absolute Gasteiger partial charge is 0.238 e. The lowest BCUT2D eigenvalue weighted by molar-refractivity contribution is -0.122. The Labute approximate surface area is 175 Å². The Bertz CT molecular complexity index is 1000. The third-order valence-corrected chi connectivity index (χ3v) is 5.76. The first-order valence-corrected chi connectivity index (χ1v) is 10.4. The largest absolute Gasteiger partial charge is 0.353 e. The maximum Gasteiger partial charge on any atom is 0.238 e. The van der Waals surface area contributed by atoms with E-state index in [-0.39, 0.29) is 18.0 Å². The molecule has 0 aromatic carbocycles. The molecule has 2 unspecified atom stereocenters. The molecule has 8 heteroatoms. The highest BCUT2D eigenvalue weighted by atomic mass is 16.2. The van der Waals surface area contributed by atoms with Crippen molar-refractivity contribution in [2.45, 2.75) is 43.8 Å². The minimum Gasteiger partial charge on any atom is -0.353 e. The van der Waals surface area contributed by atoms with E-state index in [0.717, 1.165) is 11.1 Å². The number of rotatable bonds is 7. The molecule has 154 valence electrons. The molecule has 1 saturated heterocycles. The Balaban J connectivity index is 1.19. The summed E-state index contributed by atoms with van der Waals surface area (Å²) in [5.41, 5.74) is 11.0. The lowest BCUT2D eigenvalue weighted by Gasteiger charge is -2.13. The summed E-state index contributed by atoms with van der Waals surface area (Å²) in [6, 6.07) is 7.79. The van der Waals surface area contributed by atoms with Crippen LogP contribution in [0.4, 0.5) is 0 Å². The average molecular weight is 403 g/mol. The first kappa shape index (κ1) is 18.9. The maximum atomic E-state index is 12.6. The molecule has 0 bridgehead atoms. The third kappa shape index (κ3) is 3.96. The van der Waals surface area contributed by atoms with Crippen LogP contribution in [0.3, 0.4) is 0 Å². The molecule has 5 rings (SSSR count). The highest BCUT2D eigenvalue weighted by Crippen LogP contribution is 2.44. The topological polar surface area (TPSA) is 96.8 Å². The Morgan fingerprint density at radius 2 is 1.97 bits per heavy atom. The minimum atomic E-state index is -0.261. The number of pyridine rings is 2. The van der Waals surface area contributed by atoms with Crippen LogP contribution in [-0.4, -0.2) is 38.2 Å². The summed E-state index contributed by atoms with van der Waals surface area (Å²) in [5.74, 6) is 0.565. The van der Waals surface area contributed by atoms with Crippen LogP contribution in [0.25, 0.3) is 11.1 Å². The second-order valence-electron chi connectivity index (χ2n) is 7.88. The van der Waals surface area contributed by atoms with Gasteiger partial charge in [0.1, 0.15) is 6.04 Å². The maximum absolute atomic E-state index is 12.6. The fourth-order valence-corrected chi connectivity index (χ4v) is 4.05. The zero-order valence-corrected chi connectivity index (χ0v) is 16.7.